The first kappa shape index (κ1) is 25.7. The van der Waals surface area contributed by atoms with Crippen LogP contribution >= 0.6 is 0 Å². The van der Waals surface area contributed by atoms with Crippen molar-refractivity contribution < 1.29 is 27.1 Å². The standard InChI is InChI=1S/C28H29FN4O5S/c1-17-26(32-25-10-9-23(13-24(25)29)39(35,36)22-7-8-22)30-16-31-27(17)38-21-11-19-14-37-15-20(12-21)33(19)28(34)18-5-3-2-4-6-18/h2-6,9-10,13,16,19-22H,7-8,11-12,14-15H2,1H3,(H,30,31,32)/t19-,20?,21+/m1/s1. The van der Waals surface area contributed by atoms with Crippen molar-refractivity contribution in [3.63, 3.8) is 0 Å². The highest BCUT2D eigenvalue weighted by Gasteiger charge is 2.43. The van der Waals surface area contributed by atoms with Gasteiger partial charge < -0.3 is 19.7 Å². The molecule has 3 aliphatic rings. The van der Waals surface area contributed by atoms with Gasteiger partial charge in [0.2, 0.25) is 5.88 Å². The molecule has 204 valence electrons. The molecule has 39 heavy (non-hydrogen) atoms. The lowest BCUT2D eigenvalue weighted by Crippen LogP contribution is -2.60. The first-order chi connectivity index (χ1) is 18.8. The molecule has 2 aliphatic heterocycles. The van der Waals surface area contributed by atoms with Crippen LogP contribution in [-0.2, 0) is 14.6 Å². The molecule has 6 rings (SSSR count). The van der Waals surface area contributed by atoms with Gasteiger partial charge in [-0.2, -0.15) is 0 Å². The first-order valence-electron chi connectivity index (χ1n) is 13.1. The van der Waals surface area contributed by atoms with E-state index in [1.807, 2.05) is 35.2 Å². The minimum Gasteiger partial charge on any atom is -0.474 e. The second-order valence-corrected chi connectivity index (χ2v) is 12.5. The molecule has 2 aromatic carbocycles. The molecule has 3 atom stereocenters. The summed E-state index contributed by atoms with van der Waals surface area (Å²) in [6.07, 6.45) is 3.56. The van der Waals surface area contributed by atoms with Crippen LogP contribution in [0.5, 0.6) is 5.88 Å². The van der Waals surface area contributed by atoms with E-state index in [0.717, 1.165) is 6.07 Å². The number of carbonyl (C=O) groups excluding carboxylic acids is 1. The van der Waals surface area contributed by atoms with E-state index in [2.05, 4.69) is 15.3 Å². The Morgan fingerprint density at radius 2 is 1.79 bits per heavy atom. The van der Waals surface area contributed by atoms with Gasteiger partial charge in [0.1, 0.15) is 24.1 Å². The normalized spacial score (nSPS) is 22.8. The van der Waals surface area contributed by atoms with Crippen LogP contribution in [0.15, 0.2) is 59.8 Å². The summed E-state index contributed by atoms with van der Waals surface area (Å²) in [7, 11) is -3.49. The Morgan fingerprint density at radius 3 is 2.46 bits per heavy atom. The molecular formula is C28H29FN4O5S. The predicted octanol–water partition coefficient (Wildman–Crippen LogP) is 4.05. The number of anilines is 2. The lowest BCUT2D eigenvalue weighted by atomic mass is 9.91. The van der Waals surface area contributed by atoms with Crippen LogP contribution < -0.4 is 10.1 Å². The van der Waals surface area contributed by atoms with Gasteiger partial charge in [-0.05, 0) is 50.1 Å². The first-order valence-corrected chi connectivity index (χ1v) is 14.6. The maximum absolute atomic E-state index is 14.9. The predicted molar refractivity (Wildman–Crippen MR) is 141 cm³/mol. The molecule has 2 saturated heterocycles. The number of nitrogens with one attached hydrogen (secondary N) is 1. The molecule has 3 aromatic rings. The third kappa shape index (κ3) is 5.08. The summed E-state index contributed by atoms with van der Waals surface area (Å²) in [5, 5.41) is 2.54. The van der Waals surface area contributed by atoms with E-state index in [1.54, 1.807) is 6.92 Å². The Hall–Kier alpha value is -3.57. The number of aromatic nitrogens is 2. The van der Waals surface area contributed by atoms with Crippen molar-refractivity contribution in [2.75, 3.05) is 18.5 Å². The van der Waals surface area contributed by atoms with Gasteiger partial charge in [0.25, 0.3) is 5.91 Å². The SMILES string of the molecule is Cc1c(Nc2ccc(S(=O)(=O)C3CC3)cc2F)ncnc1O[C@@H]1CC2COC[C@@H](C1)N2C(=O)c1ccccc1. The Kier molecular flexibility index (Phi) is 6.72. The fourth-order valence-corrected chi connectivity index (χ4v) is 7.00. The summed E-state index contributed by atoms with van der Waals surface area (Å²) in [4.78, 5) is 23.7. The van der Waals surface area contributed by atoms with Crippen LogP contribution in [0.4, 0.5) is 15.9 Å². The minimum absolute atomic E-state index is 0.00460. The number of amides is 1. The van der Waals surface area contributed by atoms with E-state index >= 15 is 0 Å². The third-order valence-electron chi connectivity index (χ3n) is 7.53. The fraction of sp³-hybridized carbons (Fsp3) is 0.393. The van der Waals surface area contributed by atoms with Crippen molar-refractivity contribution >= 4 is 27.2 Å². The number of ether oxygens (including phenoxy) is 2. The number of benzene rings is 2. The maximum atomic E-state index is 14.9. The Labute approximate surface area is 226 Å². The molecule has 0 radical (unpaired) electrons. The van der Waals surface area contributed by atoms with E-state index in [4.69, 9.17) is 9.47 Å². The molecule has 1 unspecified atom stereocenters. The zero-order valence-electron chi connectivity index (χ0n) is 21.4. The zero-order chi connectivity index (χ0) is 27.1. The molecule has 3 fully saturated rings. The minimum atomic E-state index is -3.49. The average Bonchev–Trinajstić information content (AvgIpc) is 3.78. The summed E-state index contributed by atoms with van der Waals surface area (Å²) in [5.41, 5.74) is 1.36. The molecule has 2 bridgehead atoms. The van der Waals surface area contributed by atoms with Gasteiger partial charge in [0.05, 0.1) is 46.7 Å². The number of halogens is 1. The average molecular weight is 553 g/mol. The molecule has 1 N–H and O–H groups in total. The van der Waals surface area contributed by atoms with Crippen molar-refractivity contribution in [3.05, 3.63) is 71.8 Å². The Morgan fingerprint density at radius 1 is 1.08 bits per heavy atom. The van der Waals surface area contributed by atoms with Crippen molar-refractivity contribution in [1.29, 1.82) is 0 Å². The molecular weight excluding hydrogens is 523 g/mol. The molecule has 11 heteroatoms. The fourth-order valence-electron chi connectivity index (χ4n) is 5.33. The smallest absolute Gasteiger partial charge is 0.254 e. The van der Waals surface area contributed by atoms with Crippen molar-refractivity contribution in [2.45, 2.75) is 60.9 Å². The molecule has 1 saturated carbocycles. The quantitative estimate of drug-likeness (QED) is 0.467. The molecule has 1 aliphatic carbocycles. The second-order valence-electron chi connectivity index (χ2n) is 10.3. The van der Waals surface area contributed by atoms with E-state index in [0.29, 0.717) is 61.7 Å². The molecule has 1 amide bonds. The van der Waals surface area contributed by atoms with E-state index in [-0.39, 0.29) is 34.7 Å². The van der Waals surface area contributed by atoms with Crippen LogP contribution in [0.1, 0.15) is 41.6 Å². The van der Waals surface area contributed by atoms with Crippen LogP contribution in [0, 0.1) is 12.7 Å². The molecule has 3 heterocycles. The monoisotopic (exact) mass is 552 g/mol. The van der Waals surface area contributed by atoms with Gasteiger partial charge in [-0.1, -0.05) is 18.2 Å². The summed E-state index contributed by atoms with van der Waals surface area (Å²) in [6, 6.07) is 12.9. The summed E-state index contributed by atoms with van der Waals surface area (Å²) in [5.74, 6) is 0.0418. The number of fused-ring (bicyclic) bond motifs is 2. The highest BCUT2D eigenvalue weighted by atomic mass is 32.2. The van der Waals surface area contributed by atoms with Gasteiger partial charge in [-0.25, -0.2) is 22.8 Å². The van der Waals surface area contributed by atoms with Crippen LogP contribution in [-0.4, -0.2) is 65.8 Å². The van der Waals surface area contributed by atoms with Crippen molar-refractivity contribution in [3.8, 4) is 5.88 Å². The largest absolute Gasteiger partial charge is 0.474 e. The van der Waals surface area contributed by atoms with E-state index < -0.39 is 20.9 Å². The van der Waals surface area contributed by atoms with Gasteiger partial charge in [-0.15, -0.1) is 0 Å². The lowest BCUT2D eigenvalue weighted by molar-refractivity contribution is -0.0830. The number of nitrogens with zero attached hydrogens (tertiary/aromatic N) is 3. The van der Waals surface area contributed by atoms with Crippen molar-refractivity contribution in [2.24, 2.45) is 0 Å². The van der Waals surface area contributed by atoms with Crippen LogP contribution in [0.25, 0.3) is 0 Å². The summed E-state index contributed by atoms with van der Waals surface area (Å²) >= 11 is 0. The number of sulfone groups is 1. The number of hydrogen-bond donors (Lipinski definition) is 1. The second kappa shape index (κ2) is 10.2. The summed E-state index contributed by atoms with van der Waals surface area (Å²) in [6.45, 7) is 2.66. The topological polar surface area (TPSA) is 111 Å². The lowest BCUT2D eigenvalue weighted by Gasteiger charge is -2.48. The highest BCUT2D eigenvalue weighted by Crippen LogP contribution is 2.36. The van der Waals surface area contributed by atoms with E-state index in [1.165, 1.54) is 18.5 Å². The van der Waals surface area contributed by atoms with Gasteiger partial charge in [0.15, 0.2) is 9.84 Å². The third-order valence-corrected chi connectivity index (χ3v) is 9.79. The highest BCUT2D eigenvalue weighted by molar-refractivity contribution is 7.92. The van der Waals surface area contributed by atoms with Gasteiger partial charge >= 0.3 is 0 Å². The Balaban J connectivity index is 1.16. The molecule has 1 aromatic heterocycles. The van der Waals surface area contributed by atoms with Crippen LogP contribution in [0.2, 0.25) is 0 Å². The van der Waals surface area contributed by atoms with E-state index in [9.17, 15) is 17.6 Å². The van der Waals surface area contributed by atoms with Crippen LogP contribution in [0.3, 0.4) is 0 Å². The van der Waals surface area contributed by atoms with Gasteiger partial charge in [-0.3, -0.25) is 4.79 Å². The number of rotatable bonds is 7. The number of morpholine rings is 1. The van der Waals surface area contributed by atoms with Gasteiger partial charge in [0, 0.05) is 18.4 Å². The molecule has 9 nitrogen and oxygen atoms in total. The zero-order valence-corrected chi connectivity index (χ0v) is 22.2. The summed E-state index contributed by atoms with van der Waals surface area (Å²) < 4.78 is 51.8. The number of piperidine rings is 1. The van der Waals surface area contributed by atoms with Crippen molar-refractivity contribution in [1.82, 2.24) is 14.9 Å². The number of carbonyl (C=O) groups is 1. The maximum Gasteiger partial charge on any atom is 0.254 e. The number of hydrogen-bond acceptors (Lipinski definition) is 8. The Bertz CT molecular complexity index is 1490. The molecule has 0 spiro atoms.